The predicted octanol–water partition coefficient (Wildman–Crippen LogP) is 3.80. The second-order valence-corrected chi connectivity index (χ2v) is 10.4. The minimum absolute atomic E-state index is 0.00455. The number of nitrogens with one attached hydrogen (secondary N) is 1. The van der Waals surface area contributed by atoms with E-state index in [0.717, 1.165) is 25.7 Å². The molecule has 30 heavy (non-hydrogen) atoms. The highest BCUT2D eigenvalue weighted by atomic mass is 32.2. The molecule has 9 heteroatoms. The van der Waals surface area contributed by atoms with Crippen molar-refractivity contribution in [3.63, 3.8) is 0 Å². The van der Waals surface area contributed by atoms with Crippen molar-refractivity contribution in [2.75, 3.05) is 25.5 Å². The lowest BCUT2D eigenvalue weighted by atomic mass is 9.93. The summed E-state index contributed by atoms with van der Waals surface area (Å²) in [6.45, 7) is 6.86. The number of methoxy groups -OCH3 is 1. The van der Waals surface area contributed by atoms with Gasteiger partial charge in [0, 0.05) is 30.1 Å². The molecule has 0 aliphatic carbocycles. The quantitative estimate of drug-likeness (QED) is 0.766. The summed E-state index contributed by atoms with van der Waals surface area (Å²) >= 11 is 0. The third kappa shape index (κ3) is 4.84. The van der Waals surface area contributed by atoms with Crippen LogP contribution in [0.2, 0.25) is 0 Å². The van der Waals surface area contributed by atoms with Crippen LogP contribution in [0.4, 0.5) is 5.82 Å². The van der Waals surface area contributed by atoms with Crippen molar-refractivity contribution in [3.05, 3.63) is 35.6 Å². The summed E-state index contributed by atoms with van der Waals surface area (Å²) in [5.41, 5.74) is -0.0469. The Morgan fingerprint density at radius 1 is 1.13 bits per heavy atom. The van der Waals surface area contributed by atoms with Gasteiger partial charge in [0.05, 0.1) is 7.11 Å². The number of amides is 1. The molecule has 2 heterocycles. The van der Waals surface area contributed by atoms with Crippen molar-refractivity contribution < 1.29 is 22.5 Å². The minimum atomic E-state index is -3.78. The third-order valence-electron chi connectivity index (χ3n) is 5.10. The second-order valence-electron chi connectivity index (χ2n) is 8.46. The van der Waals surface area contributed by atoms with E-state index in [1.165, 1.54) is 29.6 Å². The Bertz CT molecular complexity index is 1000. The lowest BCUT2D eigenvalue weighted by Gasteiger charge is -2.21. The molecule has 1 aromatic heterocycles. The molecule has 1 N–H and O–H groups in total. The Balaban J connectivity index is 1.88. The summed E-state index contributed by atoms with van der Waals surface area (Å²) in [6.07, 6.45) is 3.67. The maximum absolute atomic E-state index is 13.3. The maximum Gasteiger partial charge on any atom is 0.256 e. The first-order chi connectivity index (χ1) is 14.1. The number of nitrogens with zero attached hydrogens (tertiary/aromatic N) is 2. The van der Waals surface area contributed by atoms with Crippen LogP contribution in [0, 0.1) is 0 Å². The van der Waals surface area contributed by atoms with Crippen LogP contribution >= 0.6 is 0 Å². The number of carbonyl (C=O) groups excluding carboxylic acids is 1. The van der Waals surface area contributed by atoms with Gasteiger partial charge in [-0.1, -0.05) is 38.8 Å². The second kappa shape index (κ2) is 8.77. The molecule has 1 saturated heterocycles. The zero-order valence-corrected chi connectivity index (χ0v) is 18.7. The van der Waals surface area contributed by atoms with Crippen LogP contribution in [-0.2, 0) is 15.4 Å². The Labute approximate surface area is 177 Å². The van der Waals surface area contributed by atoms with Crippen LogP contribution in [0.3, 0.4) is 0 Å². The number of aromatic nitrogens is 1. The molecule has 0 bridgehead atoms. The lowest BCUT2D eigenvalue weighted by molar-refractivity contribution is 0.102. The van der Waals surface area contributed by atoms with Gasteiger partial charge >= 0.3 is 0 Å². The molecule has 2 aromatic rings. The molecule has 0 unspecified atom stereocenters. The van der Waals surface area contributed by atoms with Crippen LogP contribution in [-0.4, -0.2) is 44.0 Å². The molecular formula is C21H29N3O5S. The van der Waals surface area contributed by atoms with Gasteiger partial charge in [0.2, 0.25) is 10.0 Å². The van der Waals surface area contributed by atoms with Gasteiger partial charge in [-0.25, -0.2) is 8.42 Å². The van der Waals surface area contributed by atoms with E-state index in [1.807, 2.05) is 20.8 Å². The molecule has 1 fully saturated rings. The molecule has 1 aromatic carbocycles. The van der Waals surface area contributed by atoms with Crippen molar-refractivity contribution in [2.45, 2.75) is 56.8 Å². The highest BCUT2D eigenvalue weighted by Crippen LogP contribution is 2.30. The summed E-state index contributed by atoms with van der Waals surface area (Å²) in [4.78, 5) is 12.7. The summed E-state index contributed by atoms with van der Waals surface area (Å²) in [5, 5.41) is 6.54. The first kappa shape index (κ1) is 22.3. The molecule has 0 saturated carbocycles. The molecular weight excluding hydrogens is 406 g/mol. The van der Waals surface area contributed by atoms with Gasteiger partial charge in [-0.05, 0) is 31.0 Å². The fourth-order valence-corrected chi connectivity index (χ4v) is 5.02. The van der Waals surface area contributed by atoms with Crippen molar-refractivity contribution in [2.24, 2.45) is 0 Å². The summed E-state index contributed by atoms with van der Waals surface area (Å²) in [7, 11) is -2.36. The number of ether oxygens (including phenoxy) is 1. The van der Waals surface area contributed by atoms with E-state index in [4.69, 9.17) is 9.26 Å². The molecule has 8 nitrogen and oxygen atoms in total. The molecule has 1 aliphatic heterocycles. The Morgan fingerprint density at radius 3 is 2.37 bits per heavy atom. The molecule has 0 spiro atoms. The van der Waals surface area contributed by atoms with E-state index in [-0.39, 0.29) is 27.4 Å². The first-order valence-corrected chi connectivity index (χ1v) is 11.5. The monoisotopic (exact) mass is 435 g/mol. The number of carbonyl (C=O) groups is 1. The van der Waals surface area contributed by atoms with E-state index < -0.39 is 15.9 Å². The highest BCUT2D eigenvalue weighted by molar-refractivity contribution is 7.89. The van der Waals surface area contributed by atoms with Gasteiger partial charge in [-0.15, -0.1) is 0 Å². The topological polar surface area (TPSA) is 102 Å². The van der Waals surface area contributed by atoms with Crippen molar-refractivity contribution >= 4 is 21.7 Å². The lowest BCUT2D eigenvalue weighted by Crippen LogP contribution is -2.32. The minimum Gasteiger partial charge on any atom is -0.495 e. The Hall–Kier alpha value is -2.39. The molecule has 1 aliphatic rings. The number of anilines is 1. The van der Waals surface area contributed by atoms with E-state index in [1.54, 1.807) is 6.07 Å². The zero-order valence-electron chi connectivity index (χ0n) is 17.9. The SMILES string of the molecule is COc1ccc(C(=O)Nc2cc(C(C)(C)C)on2)cc1S(=O)(=O)N1CCCCCC1. The number of hydrogen-bond donors (Lipinski definition) is 1. The van der Waals surface area contributed by atoms with Gasteiger partial charge in [0.25, 0.3) is 5.91 Å². The van der Waals surface area contributed by atoms with Crippen molar-refractivity contribution in [1.29, 1.82) is 0 Å². The number of benzene rings is 1. The van der Waals surface area contributed by atoms with Gasteiger partial charge in [-0.2, -0.15) is 4.31 Å². The fourth-order valence-electron chi connectivity index (χ4n) is 3.32. The van der Waals surface area contributed by atoms with Gasteiger partial charge in [0.1, 0.15) is 16.4 Å². The third-order valence-corrected chi connectivity index (χ3v) is 7.02. The van der Waals surface area contributed by atoms with Gasteiger partial charge in [-0.3, -0.25) is 4.79 Å². The fraction of sp³-hybridized carbons (Fsp3) is 0.524. The zero-order chi connectivity index (χ0) is 21.9. The molecule has 1 amide bonds. The first-order valence-electron chi connectivity index (χ1n) is 10.1. The molecule has 0 atom stereocenters. The number of sulfonamides is 1. The highest BCUT2D eigenvalue weighted by Gasteiger charge is 2.29. The maximum atomic E-state index is 13.3. The average molecular weight is 436 g/mol. The summed E-state index contributed by atoms with van der Waals surface area (Å²) < 4.78 is 38.6. The number of hydrogen-bond acceptors (Lipinski definition) is 6. The van der Waals surface area contributed by atoms with Crippen LogP contribution in [0.1, 0.15) is 62.6 Å². The van der Waals surface area contributed by atoms with E-state index in [9.17, 15) is 13.2 Å². The largest absolute Gasteiger partial charge is 0.495 e. The average Bonchev–Trinajstić information content (AvgIpc) is 3.00. The molecule has 0 radical (unpaired) electrons. The van der Waals surface area contributed by atoms with E-state index in [2.05, 4.69) is 10.5 Å². The van der Waals surface area contributed by atoms with Crippen LogP contribution in [0.5, 0.6) is 5.75 Å². The normalized spacial score (nSPS) is 16.1. The molecule has 164 valence electrons. The Kier molecular flexibility index (Phi) is 6.52. The van der Waals surface area contributed by atoms with E-state index >= 15 is 0 Å². The van der Waals surface area contributed by atoms with Crippen LogP contribution in [0.25, 0.3) is 0 Å². The van der Waals surface area contributed by atoms with E-state index in [0.29, 0.717) is 18.8 Å². The summed E-state index contributed by atoms with van der Waals surface area (Å²) in [5.74, 6) is 0.653. The van der Waals surface area contributed by atoms with Gasteiger partial charge < -0.3 is 14.6 Å². The smallest absolute Gasteiger partial charge is 0.256 e. The molecule has 3 rings (SSSR count). The number of rotatable bonds is 5. The van der Waals surface area contributed by atoms with Crippen LogP contribution < -0.4 is 10.1 Å². The predicted molar refractivity (Wildman–Crippen MR) is 113 cm³/mol. The standard InChI is InChI=1S/C21H29N3O5S/c1-21(2,3)18-14-19(23-29-18)22-20(25)15-9-10-16(28-4)17(13-15)30(26,27)24-11-7-5-6-8-12-24/h9-10,13-14H,5-8,11-12H2,1-4H3,(H,22,23,25). The van der Waals surface area contributed by atoms with Crippen molar-refractivity contribution in [3.8, 4) is 5.75 Å². The van der Waals surface area contributed by atoms with Gasteiger partial charge in [0.15, 0.2) is 5.82 Å². The van der Waals surface area contributed by atoms with Crippen molar-refractivity contribution in [1.82, 2.24) is 9.46 Å². The Morgan fingerprint density at radius 2 is 1.80 bits per heavy atom. The summed E-state index contributed by atoms with van der Waals surface area (Å²) in [6, 6.07) is 6.05. The van der Waals surface area contributed by atoms with Crippen LogP contribution in [0.15, 0.2) is 33.7 Å².